The quantitative estimate of drug-likeness (QED) is 0.169. The molecule has 1 unspecified atom stereocenters. The molecule has 4 aromatic carbocycles. The largest absolute Gasteiger partial charge is 0.392 e. The number of esters is 2. The van der Waals surface area contributed by atoms with Crippen molar-refractivity contribution in [2.75, 3.05) is 36.5 Å². The molecule has 4 heterocycles. The summed E-state index contributed by atoms with van der Waals surface area (Å²) in [4.78, 5) is 55.0. The number of anilines is 2. The number of para-hydroxylation sites is 1. The summed E-state index contributed by atoms with van der Waals surface area (Å²) in [5.41, 5.74) is 3.81. The Morgan fingerprint density at radius 1 is 0.868 bits per heavy atom. The molecular formula is C41H40N4O8. The van der Waals surface area contributed by atoms with Crippen LogP contribution in [0.5, 0.6) is 0 Å². The van der Waals surface area contributed by atoms with Crippen LogP contribution >= 0.6 is 0 Å². The van der Waals surface area contributed by atoms with Gasteiger partial charge in [0, 0.05) is 48.1 Å². The SMILES string of the molecule is C[C@H]1[C@@H](CN2CCC3(CC2)C(=O)NCN3c2ccccc2)OC(c2cccc(NC(=O)c3ccc4c(c3)C(=O)OC4=O)c2)O[C@H]1c1ccc(CO)cc1. The summed E-state index contributed by atoms with van der Waals surface area (Å²) in [6.45, 7) is 4.63. The molecule has 53 heavy (non-hydrogen) atoms. The number of carbonyl (C=O) groups is 4. The smallest absolute Gasteiger partial charge is 0.346 e. The van der Waals surface area contributed by atoms with Crippen LogP contribution in [0.15, 0.2) is 97.1 Å². The zero-order valence-electron chi connectivity index (χ0n) is 29.2. The van der Waals surface area contributed by atoms with Crippen LogP contribution in [-0.4, -0.2) is 71.7 Å². The minimum Gasteiger partial charge on any atom is -0.392 e. The molecule has 12 nitrogen and oxygen atoms in total. The van der Waals surface area contributed by atoms with Gasteiger partial charge in [0.05, 0.1) is 36.6 Å². The molecular weight excluding hydrogens is 676 g/mol. The van der Waals surface area contributed by atoms with Crippen molar-refractivity contribution in [1.29, 1.82) is 0 Å². The molecule has 3 saturated heterocycles. The lowest BCUT2D eigenvalue weighted by Crippen LogP contribution is -2.57. The molecule has 8 rings (SSSR count). The van der Waals surface area contributed by atoms with Crippen LogP contribution in [0.2, 0.25) is 0 Å². The Kier molecular flexibility index (Phi) is 9.29. The van der Waals surface area contributed by atoms with Gasteiger partial charge in [-0.05, 0) is 66.4 Å². The summed E-state index contributed by atoms with van der Waals surface area (Å²) in [5.74, 6) is -1.93. The van der Waals surface area contributed by atoms with E-state index in [1.54, 1.807) is 12.1 Å². The molecule has 3 N–H and O–H groups in total. The second-order valence-electron chi connectivity index (χ2n) is 14.1. The van der Waals surface area contributed by atoms with E-state index in [0.717, 1.165) is 29.9 Å². The van der Waals surface area contributed by atoms with Gasteiger partial charge in [0.2, 0.25) is 5.91 Å². The number of hydrogen-bond acceptors (Lipinski definition) is 10. The maximum absolute atomic E-state index is 13.3. The summed E-state index contributed by atoms with van der Waals surface area (Å²) >= 11 is 0. The van der Waals surface area contributed by atoms with Crippen LogP contribution in [0.3, 0.4) is 0 Å². The van der Waals surface area contributed by atoms with Crippen LogP contribution < -0.4 is 15.5 Å². The summed E-state index contributed by atoms with van der Waals surface area (Å²) in [5, 5.41) is 15.6. The van der Waals surface area contributed by atoms with E-state index < -0.39 is 29.7 Å². The van der Waals surface area contributed by atoms with Gasteiger partial charge in [0.15, 0.2) is 6.29 Å². The fourth-order valence-corrected chi connectivity index (χ4v) is 7.91. The molecule has 3 fully saturated rings. The average molecular weight is 717 g/mol. The summed E-state index contributed by atoms with van der Waals surface area (Å²) in [6.07, 6.45) is 0.0415. The van der Waals surface area contributed by atoms with Gasteiger partial charge in [-0.15, -0.1) is 0 Å². The number of likely N-dealkylation sites (tertiary alicyclic amines) is 1. The van der Waals surface area contributed by atoms with Gasteiger partial charge in [-0.2, -0.15) is 0 Å². The van der Waals surface area contributed by atoms with Crippen molar-refractivity contribution in [2.45, 2.75) is 50.4 Å². The molecule has 4 atom stereocenters. The van der Waals surface area contributed by atoms with Gasteiger partial charge in [-0.25, -0.2) is 9.59 Å². The number of hydrogen-bond donors (Lipinski definition) is 3. The van der Waals surface area contributed by atoms with Crippen molar-refractivity contribution >= 4 is 35.1 Å². The van der Waals surface area contributed by atoms with E-state index in [9.17, 15) is 24.3 Å². The molecule has 4 aromatic rings. The van der Waals surface area contributed by atoms with E-state index in [0.29, 0.717) is 37.3 Å². The minimum atomic E-state index is -0.778. The lowest BCUT2D eigenvalue weighted by molar-refractivity contribution is -0.276. The number of rotatable bonds is 8. The minimum absolute atomic E-state index is 0.0426. The van der Waals surface area contributed by atoms with Crippen molar-refractivity contribution in [3.8, 4) is 0 Å². The van der Waals surface area contributed by atoms with Crippen LogP contribution in [0.4, 0.5) is 11.4 Å². The Morgan fingerprint density at radius 3 is 2.38 bits per heavy atom. The average Bonchev–Trinajstić information content (AvgIpc) is 3.66. The van der Waals surface area contributed by atoms with Gasteiger partial charge in [-0.3, -0.25) is 9.59 Å². The van der Waals surface area contributed by atoms with Gasteiger partial charge < -0.3 is 39.8 Å². The highest BCUT2D eigenvalue weighted by molar-refractivity contribution is 6.16. The molecule has 4 aliphatic rings. The second kappa shape index (κ2) is 14.2. The van der Waals surface area contributed by atoms with Crippen LogP contribution in [0.1, 0.15) is 79.9 Å². The van der Waals surface area contributed by atoms with Gasteiger partial charge in [-0.1, -0.05) is 61.5 Å². The van der Waals surface area contributed by atoms with Gasteiger partial charge in [0.1, 0.15) is 5.54 Å². The fraction of sp³-hybridized carbons (Fsp3) is 0.317. The number of aliphatic hydroxyl groups is 1. The highest BCUT2D eigenvalue weighted by Crippen LogP contribution is 2.43. The van der Waals surface area contributed by atoms with Crippen molar-refractivity contribution in [2.24, 2.45) is 5.92 Å². The third-order valence-electron chi connectivity index (χ3n) is 11.0. The van der Waals surface area contributed by atoms with E-state index in [1.807, 2.05) is 66.7 Å². The Bertz CT molecular complexity index is 2050. The monoisotopic (exact) mass is 716 g/mol. The molecule has 0 aromatic heterocycles. The van der Waals surface area contributed by atoms with E-state index >= 15 is 0 Å². The first-order chi connectivity index (χ1) is 25.7. The Hall–Kier alpha value is -5.40. The number of fused-ring (bicyclic) bond motifs is 1. The van der Waals surface area contributed by atoms with Gasteiger partial charge in [0.25, 0.3) is 5.91 Å². The van der Waals surface area contributed by atoms with E-state index in [2.05, 4.69) is 32.1 Å². The molecule has 4 aliphatic heterocycles. The zero-order chi connectivity index (χ0) is 36.7. The number of nitrogens with zero attached hydrogens (tertiary/aromatic N) is 2. The molecule has 272 valence electrons. The molecule has 2 amide bonds. The molecule has 0 radical (unpaired) electrons. The first-order valence-corrected chi connectivity index (χ1v) is 17.9. The Morgan fingerprint density at radius 2 is 1.62 bits per heavy atom. The van der Waals surface area contributed by atoms with Crippen molar-refractivity contribution in [1.82, 2.24) is 10.2 Å². The standard InChI is InChI=1S/C41H40N4O8/c1-25-34(22-44-18-16-41(17-19-44)40(50)42-24-45(41)31-8-3-2-4-9-31)51-39(52-35(25)27-12-10-26(23-46)11-13-27)29-6-5-7-30(20-29)43-36(47)28-14-15-32-33(21-28)38(49)53-37(32)48/h2-15,20-21,25,34-35,39,46H,16-19,22-24H2,1H3,(H,42,50)(H,43,47)/t25-,34+,35+,39?/m0/s1. The highest BCUT2D eigenvalue weighted by Gasteiger charge is 2.51. The number of cyclic esters (lactones) is 2. The van der Waals surface area contributed by atoms with E-state index in [4.69, 9.17) is 9.47 Å². The van der Waals surface area contributed by atoms with Crippen molar-refractivity contribution in [3.05, 3.63) is 130 Å². The molecule has 12 heteroatoms. The van der Waals surface area contributed by atoms with E-state index in [1.165, 1.54) is 18.2 Å². The zero-order valence-corrected chi connectivity index (χ0v) is 29.2. The van der Waals surface area contributed by atoms with Crippen molar-refractivity contribution in [3.63, 3.8) is 0 Å². The number of amides is 2. The lowest BCUT2D eigenvalue weighted by Gasteiger charge is -2.46. The first kappa shape index (κ1) is 34.7. The normalized spacial score (nSPS) is 23.8. The third kappa shape index (κ3) is 6.59. The Balaban J connectivity index is 1.01. The lowest BCUT2D eigenvalue weighted by atomic mass is 9.84. The number of benzene rings is 4. The molecule has 0 aliphatic carbocycles. The van der Waals surface area contributed by atoms with Crippen LogP contribution in [0, 0.1) is 5.92 Å². The second-order valence-corrected chi connectivity index (χ2v) is 14.1. The number of piperidine rings is 1. The maximum Gasteiger partial charge on any atom is 0.346 e. The number of aliphatic hydroxyl groups excluding tert-OH is 1. The van der Waals surface area contributed by atoms with Crippen molar-refractivity contribution < 1.29 is 38.5 Å². The molecule has 0 saturated carbocycles. The number of nitrogens with one attached hydrogen (secondary N) is 2. The summed E-state index contributed by atoms with van der Waals surface area (Å²) < 4.78 is 18.1. The topological polar surface area (TPSA) is 147 Å². The fourth-order valence-electron chi connectivity index (χ4n) is 7.91. The maximum atomic E-state index is 13.3. The predicted octanol–water partition coefficient (Wildman–Crippen LogP) is 4.96. The first-order valence-electron chi connectivity index (χ1n) is 17.9. The van der Waals surface area contributed by atoms with Crippen LogP contribution in [-0.2, 0) is 25.6 Å². The molecule has 1 spiro atoms. The highest BCUT2D eigenvalue weighted by atomic mass is 16.7. The Labute approximate surface area is 306 Å². The van der Waals surface area contributed by atoms with E-state index in [-0.39, 0.29) is 47.3 Å². The van der Waals surface area contributed by atoms with Gasteiger partial charge >= 0.3 is 11.9 Å². The summed E-state index contributed by atoms with van der Waals surface area (Å²) in [6, 6.07) is 29.3. The summed E-state index contributed by atoms with van der Waals surface area (Å²) in [7, 11) is 0. The molecule has 0 bridgehead atoms. The third-order valence-corrected chi connectivity index (χ3v) is 11.0. The van der Waals surface area contributed by atoms with Crippen LogP contribution in [0.25, 0.3) is 0 Å². The number of ether oxygens (including phenoxy) is 3. The predicted molar refractivity (Wildman–Crippen MR) is 194 cm³/mol. The number of carbonyl (C=O) groups excluding carboxylic acids is 4.